The fourth-order valence-corrected chi connectivity index (χ4v) is 3.36. The summed E-state index contributed by atoms with van der Waals surface area (Å²) in [4.78, 5) is 11.9. The first-order valence-electron chi connectivity index (χ1n) is 6.38. The highest BCUT2D eigenvalue weighted by atomic mass is 79.9. The third-order valence-electron chi connectivity index (χ3n) is 3.01. The summed E-state index contributed by atoms with van der Waals surface area (Å²) in [5.74, 6) is -0.386. The lowest BCUT2D eigenvalue weighted by Gasteiger charge is -2.14. The molecular weight excluding hydrogens is 402 g/mol. The third kappa shape index (κ3) is 3.65. The first-order chi connectivity index (χ1) is 10.1. The molecule has 5 nitrogen and oxygen atoms in total. The van der Waals surface area contributed by atoms with E-state index in [9.17, 15) is 4.79 Å². The van der Waals surface area contributed by atoms with Crippen LogP contribution in [0, 0.1) is 0 Å². The number of rotatable bonds is 5. The summed E-state index contributed by atoms with van der Waals surface area (Å²) in [6, 6.07) is 5.56. The molecule has 0 spiro atoms. The van der Waals surface area contributed by atoms with Gasteiger partial charge >= 0.3 is 5.97 Å². The lowest BCUT2D eigenvalue weighted by molar-refractivity contribution is 0.0601. The van der Waals surface area contributed by atoms with Crippen molar-refractivity contribution in [2.24, 2.45) is 0 Å². The van der Waals surface area contributed by atoms with Gasteiger partial charge in [-0.15, -0.1) is 0 Å². The Balaban J connectivity index is 2.29. The van der Waals surface area contributed by atoms with Gasteiger partial charge in [-0.3, -0.25) is 4.68 Å². The number of methoxy groups -OCH3 is 1. The van der Waals surface area contributed by atoms with E-state index in [2.05, 4.69) is 42.3 Å². The van der Waals surface area contributed by atoms with Crippen molar-refractivity contribution in [3.63, 3.8) is 0 Å². The number of aryl methyl sites for hydroxylation is 1. The minimum Gasteiger partial charge on any atom is -0.465 e. The van der Waals surface area contributed by atoms with Gasteiger partial charge in [-0.25, -0.2) is 4.79 Å². The average molecular weight is 417 g/mol. The van der Waals surface area contributed by atoms with E-state index in [-0.39, 0.29) is 5.97 Å². The van der Waals surface area contributed by atoms with Gasteiger partial charge in [0, 0.05) is 21.7 Å². The van der Waals surface area contributed by atoms with Crippen LogP contribution in [0.15, 0.2) is 33.3 Å². The molecule has 1 heterocycles. The highest BCUT2D eigenvalue weighted by Crippen LogP contribution is 2.31. The second-order valence-electron chi connectivity index (χ2n) is 4.29. The number of nitrogens with zero attached hydrogens (tertiary/aromatic N) is 2. The van der Waals surface area contributed by atoms with Crippen molar-refractivity contribution in [1.82, 2.24) is 9.78 Å². The molecule has 7 heteroatoms. The molecule has 0 bridgehead atoms. The molecule has 1 aromatic heterocycles. The van der Waals surface area contributed by atoms with Gasteiger partial charge in [0.05, 0.1) is 30.6 Å². The maximum atomic E-state index is 11.9. The molecule has 0 aliphatic rings. The number of carbonyl (C=O) groups excluding carboxylic acids is 1. The molecule has 0 radical (unpaired) electrons. The van der Waals surface area contributed by atoms with Gasteiger partial charge in [0.25, 0.3) is 0 Å². The minimum atomic E-state index is -0.386. The second-order valence-corrected chi connectivity index (χ2v) is 6.06. The van der Waals surface area contributed by atoms with Crippen LogP contribution in [0.5, 0.6) is 0 Å². The van der Waals surface area contributed by atoms with Crippen molar-refractivity contribution < 1.29 is 9.53 Å². The van der Waals surface area contributed by atoms with Gasteiger partial charge in [0.1, 0.15) is 0 Å². The number of anilines is 1. The lowest BCUT2D eigenvalue weighted by atomic mass is 10.1. The quantitative estimate of drug-likeness (QED) is 0.752. The number of hydrogen-bond donors (Lipinski definition) is 1. The fraction of sp³-hybridized carbons (Fsp3) is 0.286. The van der Waals surface area contributed by atoms with Crippen LogP contribution in [0.4, 0.5) is 5.69 Å². The van der Waals surface area contributed by atoms with Gasteiger partial charge < -0.3 is 10.1 Å². The largest absolute Gasteiger partial charge is 0.465 e. The van der Waals surface area contributed by atoms with E-state index in [4.69, 9.17) is 4.74 Å². The topological polar surface area (TPSA) is 56.2 Å². The van der Waals surface area contributed by atoms with Crippen molar-refractivity contribution in [1.29, 1.82) is 0 Å². The molecule has 0 aliphatic carbocycles. The Morgan fingerprint density at radius 2 is 2.19 bits per heavy atom. The van der Waals surface area contributed by atoms with Crippen LogP contribution < -0.4 is 5.32 Å². The van der Waals surface area contributed by atoms with Crippen LogP contribution in [0.1, 0.15) is 23.0 Å². The Morgan fingerprint density at radius 3 is 2.86 bits per heavy atom. The van der Waals surface area contributed by atoms with Crippen LogP contribution in [-0.2, 0) is 17.8 Å². The Morgan fingerprint density at radius 1 is 1.43 bits per heavy atom. The molecule has 0 fully saturated rings. The third-order valence-corrected chi connectivity index (χ3v) is 4.09. The molecule has 21 heavy (non-hydrogen) atoms. The summed E-state index contributed by atoms with van der Waals surface area (Å²) in [5.41, 5.74) is 2.22. The van der Waals surface area contributed by atoms with Crippen molar-refractivity contribution in [2.45, 2.75) is 20.0 Å². The monoisotopic (exact) mass is 415 g/mol. The first-order valence-corrected chi connectivity index (χ1v) is 7.97. The molecule has 0 saturated heterocycles. The molecule has 0 aliphatic heterocycles. The molecular formula is C14H15Br2N3O2. The van der Waals surface area contributed by atoms with Gasteiger partial charge in [-0.2, -0.15) is 5.10 Å². The summed E-state index contributed by atoms with van der Waals surface area (Å²) < 4.78 is 8.33. The van der Waals surface area contributed by atoms with Crippen LogP contribution >= 0.6 is 31.9 Å². The van der Waals surface area contributed by atoms with Crippen molar-refractivity contribution in [3.8, 4) is 0 Å². The number of nitrogens with one attached hydrogen (secondary N) is 1. The van der Waals surface area contributed by atoms with Crippen molar-refractivity contribution in [3.05, 3.63) is 44.6 Å². The van der Waals surface area contributed by atoms with Crippen molar-refractivity contribution >= 4 is 43.5 Å². The molecule has 2 rings (SSSR count). The zero-order chi connectivity index (χ0) is 15.4. The van der Waals surface area contributed by atoms with Gasteiger partial charge in [-0.1, -0.05) is 15.9 Å². The standard InChI is InChI=1S/C14H15Br2N3O2/c1-3-19-10(4-5-18-19)8-17-13-11(14(20)21-2)6-9(15)7-12(13)16/h4-7,17H,3,8H2,1-2H3. The summed E-state index contributed by atoms with van der Waals surface area (Å²) >= 11 is 6.85. The highest BCUT2D eigenvalue weighted by molar-refractivity contribution is 9.11. The fourth-order valence-electron chi connectivity index (χ4n) is 2.00. The Kier molecular flexibility index (Phi) is 5.41. The predicted molar refractivity (Wildman–Crippen MR) is 88.4 cm³/mol. The SMILES string of the molecule is CCn1nccc1CNc1c(Br)cc(Br)cc1C(=O)OC. The van der Waals surface area contributed by atoms with Crippen LogP contribution in [-0.4, -0.2) is 22.9 Å². The van der Waals surface area contributed by atoms with E-state index in [0.29, 0.717) is 17.8 Å². The summed E-state index contributed by atoms with van der Waals surface area (Å²) in [6.45, 7) is 3.40. The van der Waals surface area contributed by atoms with Crippen molar-refractivity contribution in [2.75, 3.05) is 12.4 Å². The minimum absolute atomic E-state index is 0.386. The maximum Gasteiger partial charge on any atom is 0.340 e. The summed E-state index contributed by atoms with van der Waals surface area (Å²) in [6.07, 6.45) is 1.76. The number of carbonyl (C=O) groups is 1. The number of aromatic nitrogens is 2. The number of halogens is 2. The van der Waals surface area contributed by atoms with E-state index in [1.165, 1.54) is 7.11 Å². The number of benzene rings is 1. The summed E-state index contributed by atoms with van der Waals surface area (Å²) in [7, 11) is 1.37. The molecule has 1 N–H and O–H groups in total. The number of ether oxygens (including phenoxy) is 1. The molecule has 0 saturated carbocycles. The van der Waals surface area contributed by atoms with Crippen LogP contribution in [0.2, 0.25) is 0 Å². The highest BCUT2D eigenvalue weighted by Gasteiger charge is 2.16. The maximum absolute atomic E-state index is 11.9. The smallest absolute Gasteiger partial charge is 0.340 e. The molecule has 0 unspecified atom stereocenters. The molecule has 0 atom stereocenters. The average Bonchev–Trinajstić information content (AvgIpc) is 2.92. The van der Waals surface area contributed by atoms with Crippen LogP contribution in [0.25, 0.3) is 0 Å². The molecule has 1 aromatic carbocycles. The second kappa shape index (κ2) is 7.09. The van der Waals surface area contributed by atoms with E-state index in [1.54, 1.807) is 12.3 Å². The Hall–Kier alpha value is -1.34. The van der Waals surface area contributed by atoms with E-state index in [0.717, 1.165) is 21.2 Å². The van der Waals surface area contributed by atoms with E-state index in [1.807, 2.05) is 23.7 Å². The number of hydrogen-bond acceptors (Lipinski definition) is 4. The Labute approximate surface area is 139 Å². The number of esters is 1. The van der Waals surface area contributed by atoms with Gasteiger partial charge in [0.15, 0.2) is 0 Å². The zero-order valence-electron chi connectivity index (χ0n) is 11.7. The molecule has 0 amide bonds. The summed E-state index contributed by atoms with van der Waals surface area (Å²) in [5, 5.41) is 7.49. The van der Waals surface area contributed by atoms with Crippen LogP contribution in [0.3, 0.4) is 0 Å². The Bertz CT molecular complexity index is 656. The predicted octanol–water partition coefficient (Wildman–Crippen LogP) is 3.83. The van der Waals surface area contributed by atoms with Gasteiger partial charge in [0.2, 0.25) is 0 Å². The zero-order valence-corrected chi connectivity index (χ0v) is 14.9. The molecule has 2 aromatic rings. The van der Waals surface area contributed by atoms with E-state index < -0.39 is 0 Å². The van der Waals surface area contributed by atoms with Gasteiger partial charge in [-0.05, 0) is 41.1 Å². The molecule has 112 valence electrons. The normalized spacial score (nSPS) is 10.5. The first kappa shape index (κ1) is 16.0. The lowest BCUT2D eigenvalue weighted by Crippen LogP contribution is -2.12. The van der Waals surface area contributed by atoms with E-state index >= 15 is 0 Å².